The van der Waals surface area contributed by atoms with E-state index >= 15 is 0 Å². The minimum atomic E-state index is 0.486. The summed E-state index contributed by atoms with van der Waals surface area (Å²) in [6.07, 6.45) is 3.93. The van der Waals surface area contributed by atoms with E-state index in [1.54, 1.807) is 26.4 Å². The van der Waals surface area contributed by atoms with Gasteiger partial charge in [-0.25, -0.2) is 0 Å². The Kier molecular flexibility index (Phi) is 3.70. The average Bonchev–Trinajstić information content (AvgIpc) is 2.23. The number of rotatable bonds is 2. The lowest BCUT2D eigenvalue weighted by molar-refractivity contribution is 0.271. The molecule has 0 aromatic heterocycles. The largest absolute Gasteiger partial charge is 0.501 e. The van der Waals surface area contributed by atoms with E-state index < -0.39 is 0 Å². The second kappa shape index (κ2) is 4.58. The minimum Gasteiger partial charge on any atom is -0.501 e. The van der Waals surface area contributed by atoms with Crippen LogP contribution in [-0.4, -0.2) is 14.2 Å². The molecule has 0 saturated heterocycles. The van der Waals surface area contributed by atoms with E-state index in [1.807, 2.05) is 0 Å². The molecule has 13 heavy (non-hydrogen) atoms. The third-order valence-corrected chi connectivity index (χ3v) is 2.17. The molecule has 0 saturated carbocycles. The first-order valence-electron chi connectivity index (χ1n) is 3.71. The van der Waals surface area contributed by atoms with Gasteiger partial charge in [-0.3, -0.25) is 0 Å². The highest BCUT2D eigenvalue weighted by Gasteiger charge is 2.10. The van der Waals surface area contributed by atoms with Crippen molar-refractivity contribution in [2.45, 2.75) is 6.42 Å². The van der Waals surface area contributed by atoms with Crippen molar-refractivity contribution >= 4 is 23.2 Å². The summed E-state index contributed by atoms with van der Waals surface area (Å²) in [6.45, 7) is 0. The number of hydrogen-bond donors (Lipinski definition) is 0. The SMILES string of the molecule is COC1=CC(OC)=C(Cl)C=C(Cl)C1. The highest BCUT2D eigenvalue weighted by Crippen LogP contribution is 2.27. The van der Waals surface area contributed by atoms with Crippen LogP contribution in [0.25, 0.3) is 0 Å². The van der Waals surface area contributed by atoms with Crippen LogP contribution in [0, 0.1) is 0 Å². The van der Waals surface area contributed by atoms with Crippen LogP contribution >= 0.6 is 23.2 Å². The highest BCUT2D eigenvalue weighted by atomic mass is 35.5. The van der Waals surface area contributed by atoms with Crippen LogP contribution in [0.4, 0.5) is 0 Å². The Bertz CT molecular complexity index is 290. The lowest BCUT2D eigenvalue weighted by Gasteiger charge is -2.04. The van der Waals surface area contributed by atoms with Crippen molar-refractivity contribution in [2.75, 3.05) is 14.2 Å². The molecule has 1 aliphatic carbocycles. The van der Waals surface area contributed by atoms with Gasteiger partial charge in [0, 0.05) is 17.5 Å². The summed E-state index contributed by atoms with van der Waals surface area (Å²) < 4.78 is 10.1. The van der Waals surface area contributed by atoms with E-state index in [0.29, 0.717) is 22.2 Å². The van der Waals surface area contributed by atoms with Crippen LogP contribution in [0.15, 0.2) is 33.7 Å². The summed E-state index contributed by atoms with van der Waals surface area (Å²) in [5, 5.41) is 1.12. The second-order valence-corrected chi connectivity index (χ2v) is 3.39. The molecule has 0 aliphatic heterocycles. The molecule has 1 rings (SSSR count). The standard InChI is InChI=1S/C9H10Cl2O2/c1-12-7-3-6(10)4-8(11)9(5-7)13-2/h4-5H,3H2,1-2H3. The fraction of sp³-hybridized carbons (Fsp3) is 0.333. The van der Waals surface area contributed by atoms with Crippen molar-refractivity contribution in [2.24, 2.45) is 0 Å². The van der Waals surface area contributed by atoms with Crippen molar-refractivity contribution < 1.29 is 9.47 Å². The fourth-order valence-electron chi connectivity index (χ4n) is 0.980. The van der Waals surface area contributed by atoms with Gasteiger partial charge in [-0.05, 0) is 6.08 Å². The topological polar surface area (TPSA) is 18.5 Å². The van der Waals surface area contributed by atoms with Gasteiger partial charge < -0.3 is 9.47 Å². The maximum absolute atomic E-state index is 5.90. The Morgan fingerprint density at radius 1 is 1.15 bits per heavy atom. The lowest BCUT2D eigenvalue weighted by Crippen LogP contribution is -1.89. The van der Waals surface area contributed by atoms with Gasteiger partial charge in [0.1, 0.15) is 11.5 Å². The van der Waals surface area contributed by atoms with Crippen molar-refractivity contribution in [1.82, 2.24) is 0 Å². The number of hydrogen-bond acceptors (Lipinski definition) is 2. The maximum Gasteiger partial charge on any atom is 0.140 e. The van der Waals surface area contributed by atoms with Crippen LogP contribution < -0.4 is 0 Å². The quantitative estimate of drug-likeness (QED) is 0.713. The van der Waals surface area contributed by atoms with Crippen molar-refractivity contribution in [1.29, 1.82) is 0 Å². The van der Waals surface area contributed by atoms with Gasteiger partial charge in [0.15, 0.2) is 0 Å². The maximum atomic E-state index is 5.90. The summed E-state index contributed by atoms with van der Waals surface area (Å²) in [6, 6.07) is 0. The van der Waals surface area contributed by atoms with E-state index in [2.05, 4.69) is 0 Å². The summed E-state index contributed by atoms with van der Waals surface area (Å²) in [5.41, 5.74) is 0. The van der Waals surface area contributed by atoms with E-state index in [-0.39, 0.29) is 0 Å². The van der Waals surface area contributed by atoms with Gasteiger partial charge >= 0.3 is 0 Å². The molecule has 4 heteroatoms. The first kappa shape index (κ1) is 10.5. The van der Waals surface area contributed by atoms with E-state index in [4.69, 9.17) is 32.7 Å². The summed E-state index contributed by atoms with van der Waals surface area (Å²) in [4.78, 5) is 0. The van der Waals surface area contributed by atoms with Crippen molar-refractivity contribution in [3.63, 3.8) is 0 Å². The van der Waals surface area contributed by atoms with E-state index in [1.165, 1.54) is 0 Å². The molecule has 0 unspecified atom stereocenters. The third kappa shape index (κ3) is 2.68. The smallest absolute Gasteiger partial charge is 0.140 e. The molecule has 1 aliphatic rings. The molecule has 0 radical (unpaired) electrons. The minimum absolute atomic E-state index is 0.486. The average molecular weight is 221 g/mol. The Hall–Kier alpha value is -0.600. The molecule has 0 fully saturated rings. The molecule has 2 nitrogen and oxygen atoms in total. The molecule has 0 aromatic rings. The number of allylic oxidation sites excluding steroid dienone is 4. The lowest BCUT2D eigenvalue weighted by atomic mass is 10.3. The Labute approximate surface area is 87.4 Å². The van der Waals surface area contributed by atoms with Gasteiger partial charge in [0.2, 0.25) is 0 Å². The zero-order valence-electron chi connectivity index (χ0n) is 7.43. The zero-order chi connectivity index (χ0) is 9.84. The van der Waals surface area contributed by atoms with Gasteiger partial charge in [-0.2, -0.15) is 0 Å². The molecular weight excluding hydrogens is 211 g/mol. The van der Waals surface area contributed by atoms with Gasteiger partial charge in [0.05, 0.1) is 19.3 Å². The Morgan fingerprint density at radius 3 is 2.38 bits per heavy atom. The molecule has 0 heterocycles. The predicted octanol–water partition coefficient (Wildman–Crippen LogP) is 3.14. The molecule has 72 valence electrons. The molecule has 0 aromatic carbocycles. The summed E-state index contributed by atoms with van der Waals surface area (Å²) in [5.74, 6) is 1.29. The van der Waals surface area contributed by atoms with Crippen LogP contribution in [0.3, 0.4) is 0 Å². The summed E-state index contributed by atoms with van der Waals surface area (Å²) in [7, 11) is 3.14. The summed E-state index contributed by atoms with van der Waals surface area (Å²) >= 11 is 11.8. The monoisotopic (exact) mass is 220 g/mol. The van der Waals surface area contributed by atoms with E-state index in [0.717, 1.165) is 5.76 Å². The third-order valence-electron chi connectivity index (χ3n) is 1.64. The van der Waals surface area contributed by atoms with Gasteiger partial charge in [-0.15, -0.1) is 0 Å². The number of methoxy groups -OCH3 is 2. The van der Waals surface area contributed by atoms with Crippen LogP contribution in [0.2, 0.25) is 0 Å². The predicted molar refractivity (Wildman–Crippen MR) is 53.5 cm³/mol. The van der Waals surface area contributed by atoms with Crippen LogP contribution in [0.5, 0.6) is 0 Å². The van der Waals surface area contributed by atoms with Crippen LogP contribution in [0.1, 0.15) is 6.42 Å². The highest BCUT2D eigenvalue weighted by molar-refractivity contribution is 6.35. The first-order chi connectivity index (χ1) is 6.17. The molecule has 0 atom stereocenters. The Balaban J connectivity index is 3.05. The van der Waals surface area contributed by atoms with Crippen molar-refractivity contribution in [3.05, 3.63) is 33.7 Å². The van der Waals surface area contributed by atoms with E-state index in [9.17, 15) is 0 Å². The fourth-order valence-corrected chi connectivity index (χ4v) is 1.54. The number of halogens is 2. The first-order valence-corrected chi connectivity index (χ1v) is 4.47. The molecular formula is C9H10Cl2O2. The normalized spacial score (nSPS) is 17.5. The molecule has 0 spiro atoms. The molecule has 0 amide bonds. The number of ether oxygens (including phenoxy) is 2. The molecule has 0 N–H and O–H groups in total. The second-order valence-electron chi connectivity index (χ2n) is 2.50. The zero-order valence-corrected chi connectivity index (χ0v) is 8.95. The van der Waals surface area contributed by atoms with Gasteiger partial charge in [-0.1, -0.05) is 23.2 Å². The van der Waals surface area contributed by atoms with Crippen molar-refractivity contribution in [3.8, 4) is 0 Å². The molecule has 0 bridgehead atoms. The van der Waals surface area contributed by atoms with Crippen LogP contribution in [-0.2, 0) is 9.47 Å². The Morgan fingerprint density at radius 2 is 1.85 bits per heavy atom. The van der Waals surface area contributed by atoms with Gasteiger partial charge in [0.25, 0.3) is 0 Å².